The molecule has 1 aliphatic carbocycles. The van der Waals surface area contributed by atoms with Gasteiger partial charge in [0.1, 0.15) is 0 Å². The van der Waals surface area contributed by atoms with Crippen molar-refractivity contribution in [1.82, 2.24) is 5.32 Å². The maximum atomic E-state index is 11.8. The zero-order chi connectivity index (χ0) is 11.4. The highest BCUT2D eigenvalue weighted by Gasteiger charge is 2.22. The van der Waals surface area contributed by atoms with Gasteiger partial charge in [0.25, 0.3) is 5.91 Å². The molecule has 0 bridgehead atoms. The molecule has 0 aromatic carbocycles. The van der Waals surface area contributed by atoms with Crippen LogP contribution in [0.15, 0.2) is 22.8 Å². The number of carbonyl (C=O) groups is 1. The minimum atomic E-state index is -0.0944. The van der Waals surface area contributed by atoms with E-state index in [9.17, 15) is 4.79 Å². The third-order valence-corrected chi connectivity index (χ3v) is 3.46. The van der Waals surface area contributed by atoms with Crippen molar-refractivity contribution in [2.24, 2.45) is 5.92 Å². The van der Waals surface area contributed by atoms with Crippen molar-refractivity contribution in [2.45, 2.75) is 45.1 Å². The Morgan fingerprint density at radius 2 is 2.19 bits per heavy atom. The molecule has 3 nitrogen and oxygen atoms in total. The second-order valence-corrected chi connectivity index (χ2v) is 4.64. The van der Waals surface area contributed by atoms with Gasteiger partial charge in [-0.3, -0.25) is 4.79 Å². The summed E-state index contributed by atoms with van der Waals surface area (Å²) in [6.07, 6.45) is 7.94. The van der Waals surface area contributed by atoms with Crippen LogP contribution in [0, 0.1) is 5.92 Å². The van der Waals surface area contributed by atoms with E-state index in [1.54, 1.807) is 12.1 Å². The Morgan fingerprint density at radius 3 is 2.81 bits per heavy atom. The lowest BCUT2D eigenvalue weighted by molar-refractivity contribution is 0.0891. The first kappa shape index (κ1) is 11.2. The molecule has 16 heavy (non-hydrogen) atoms. The van der Waals surface area contributed by atoms with E-state index in [1.807, 2.05) is 0 Å². The first-order valence-corrected chi connectivity index (χ1v) is 6.12. The number of carbonyl (C=O) groups excluding carboxylic acids is 1. The van der Waals surface area contributed by atoms with Gasteiger partial charge < -0.3 is 9.73 Å². The van der Waals surface area contributed by atoms with Crippen LogP contribution in [-0.4, -0.2) is 11.9 Å². The molecule has 0 saturated heterocycles. The van der Waals surface area contributed by atoms with Gasteiger partial charge in [-0.15, -0.1) is 0 Å². The van der Waals surface area contributed by atoms with E-state index in [4.69, 9.17) is 4.42 Å². The predicted octanol–water partition coefficient (Wildman–Crippen LogP) is 2.98. The van der Waals surface area contributed by atoms with Gasteiger partial charge >= 0.3 is 0 Å². The van der Waals surface area contributed by atoms with Gasteiger partial charge in [-0.05, 0) is 37.8 Å². The van der Waals surface area contributed by atoms with Gasteiger partial charge in [0.15, 0.2) is 5.76 Å². The molecule has 1 N–H and O–H groups in total. The predicted molar refractivity (Wildman–Crippen MR) is 62.2 cm³/mol. The number of furan rings is 1. The molecule has 1 atom stereocenters. The van der Waals surface area contributed by atoms with Gasteiger partial charge in [-0.1, -0.05) is 19.3 Å². The van der Waals surface area contributed by atoms with Crippen molar-refractivity contribution in [3.8, 4) is 0 Å². The molecular formula is C13H19NO2. The van der Waals surface area contributed by atoms with Gasteiger partial charge in [0.05, 0.1) is 6.26 Å². The third-order valence-electron chi connectivity index (χ3n) is 3.46. The molecule has 88 valence electrons. The molecular weight excluding hydrogens is 202 g/mol. The van der Waals surface area contributed by atoms with Crippen LogP contribution in [0.1, 0.15) is 49.6 Å². The molecule has 1 aromatic rings. The Balaban J connectivity index is 1.86. The molecule has 0 radical (unpaired) electrons. The van der Waals surface area contributed by atoms with E-state index in [1.165, 1.54) is 38.4 Å². The van der Waals surface area contributed by atoms with E-state index in [2.05, 4.69) is 12.2 Å². The molecule has 2 rings (SSSR count). The van der Waals surface area contributed by atoms with Crippen molar-refractivity contribution < 1.29 is 9.21 Å². The topological polar surface area (TPSA) is 42.2 Å². The first-order valence-electron chi connectivity index (χ1n) is 6.12. The van der Waals surface area contributed by atoms with Crippen LogP contribution in [0.4, 0.5) is 0 Å². The Morgan fingerprint density at radius 1 is 1.44 bits per heavy atom. The molecule has 1 saturated carbocycles. The quantitative estimate of drug-likeness (QED) is 0.852. The number of rotatable bonds is 3. The Hall–Kier alpha value is -1.25. The average molecular weight is 221 g/mol. The lowest BCUT2D eigenvalue weighted by atomic mass is 9.84. The van der Waals surface area contributed by atoms with Crippen LogP contribution in [0.2, 0.25) is 0 Å². The lowest BCUT2D eigenvalue weighted by Gasteiger charge is -2.27. The van der Waals surface area contributed by atoms with E-state index >= 15 is 0 Å². The summed E-state index contributed by atoms with van der Waals surface area (Å²) in [7, 11) is 0. The maximum Gasteiger partial charge on any atom is 0.287 e. The molecule has 1 heterocycles. The zero-order valence-electron chi connectivity index (χ0n) is 9.74. The second kappa shape index (κ2) is 5.19. The normalized spacial score (nSPS) is 19.3. The monoisotopic (exact) mass is 221 g/mol. The van der Waals surface area contributed by atoms with Crippen LogP contribution in [0.25, 0.3) is 0 Å². The van der Waals surface area contributed by atoms with Gasteiger partial charge in [0.2, 0.25) is 0 Å². The van der Waals surface area contributed by atoms with Gasteiger partial charge in [-0.25, -0.2) is 0 Å². The molecule has 1 aromatic heterocycles. The summed E-state index contributed by atoms with van der Waals surface area (Å²) in [5.41, 5.74) is 0. The fourth-order valence-corrected chi connectivity index (χ4v) is 2.44. The van der Waals surface area contributed by atoms with Crippen LogP contribution >= 0.6 is 0 Å². The van der Waals surface area contributed by atoms with Crippen LogP contribution in [-0.2, 0) is 0 Å². The molecule has 1 aliphatic rings. The number of nitrogens with one attached hydrogen (secondary N) is 1. The standard InChI is InChI=1S/C13H19NO2/c1-10(11-6-3-2-4-7-11)14-13(15)12-8-5-9-16-12/h5,8-11H,2-4,6-7H2,1H3,(H,14,15). The lowest BCUT2D eigenvalue weighted by Crippen LogP contribution is -2.38. The summed E-state index contributed by atoms with van der Waals surface area (Å²) in [6, 6.07) is 3.68. The molecule has 0 spiro atoms. The highest BCUT2D eigenvalue weighted by atomic mass is 16.3. The second-order valence-electron chi connectivity index (χ2n) is 4.64. The maximum absolute atomic E-state index is 11.8. The molecule has 3 heteroatoms. The van der Waals surface area contributed by atoms with Crippen molar-refractivity contribution in [3.05, 3.63) is 24.2 Å². The Labute approximate surface area is 96.2 Å². The van der Waals surface area contributed by atoms with Crippen LogP contribution in [0.3, 0.4) is 0 Å². The van der Waals surface area contributed by atoms with Crippen molar-refractivity contribution in [3.63, 3.8) is 0 Å². The summed E-state index contributed by atoms with van der Waals surface area (Å²) >= 11 is 0. The van der Waals surface area contributed by atoms with Gasteiger partial charge in [-0.2, -0.15) is 0 Å². The van der Waals surface area contributed by atoms with Crippen LogP contribution < -0.4 is 5.32 Å². The summed E-state index contributed by atoms with van der Waals surface area (Å²) in [6.45, 7) is 2.09. The molecule has 1 fully saturated rings. The summed E-state index contributed by atoms with van der Waals surface area (Å²) in [5.74, 6) is 0.943. The Bertz CT molecular complexity index is 326. The SMILES string of the molecule is CC(NC(=O)c1ccco1)C1CCCCC1. The van der Waals surface area contributed by atoms with Crippen LogP contribution in [0.5, 0.6) is 0 Å². The summed E-state index contributed by atoms with van der Waals surface area (Å²) < 4.78 is 5.07. The van der Waals surface area contributed by atoms with Crippen molar-refractivity contribution in [2.75, 3.05) is 0 Å². The third kappa shape index (κ3) is 2.65. The fourth-order valence-electron chi connectivity index (χ4n) is 2.44. The molecule has 0 aliphatic heterocycles. The number of amides is 1. The van der Waals surface area contributed by atoms with E-state index in [0.29, 0.717) is 11.7 Å². The minimum Gasteiger partial charge on any atom is -0.459 e. The van der Waals surface area contributed by atoms with E-state index < -0.39 is 0 Å². The first-order chi connectivity index (χ1) is 7.77. The summed E-state index contributed by atoms with van der Waals surface area (Å²) in [4.78, 5) is 11.8. The highest BCUT2D eigenvalue weighted by molar-refractivity contribution is 5.91. The number of hydrogen-bond donors (Lipinski definition) is 1. The zero-order valence-corrected chi connectivity index (χ0v) is 9.74. The highest BCUT2D eigenvalue weighted by Crippen LogP contribution is 2.26. The van der Waals surface area contributed by atoms with E-state index in [-0.39, 0.29) is 11.9 Å². The van der Waals surface area contributed by atoms with Gasteiger partial charge in [0, 0.05) is 6.04 Å². The number of hydrogen-bond acceptors (Lipinski definition) is 2. The Kier molecular flexibility index (Phi) is 3.65. The fraction of sp³-hybridized carbons (Fsp3) is 0.615. The summed E-state index contributed by atoms with van der Waals surface area (Å²) in [5, 5.41) is 3.02. The van der Waals surface area contributed by atoms with Crippen molar-refractivity contribution >= 4 is 5.91 Å². The largest absolute Gasteiger partial charge is 0.459 e. The molecule has 1 amide bonds. The van der Waals surface area contributed by atoms with E-state index in [0.717, 1.165) is 0 Å². The molecule has 1 unspecified atom stereocenters. The smallest absolute Gasteiger partial charge is 0.287 e. The average Bonchev–Trinajstić information content (AvgIpc) is 2.83. The van der Waals surface area contributed by atoms with Crippen molar-refractivity contribution in [1.29, 1.82) is 0 Å². The minimum absolute atomic E-state index is 0.0944.